The van der Waals surface area contributed by atoms with Gasteiger partial charge in [-0.15, -0.1) is 0 Å². The molecule has 0 saturated carbocycles. The fourth-order valence-electron chi connectivity index (χ4n) is 0.773. The van der Waals surface area contributed by atoms with Gasteiger partial charge in [0.1, 0.15) is 0 Å². The van der Waals surface area contributed by atoms with E-state index < -0.39 is 17.9 Å². The Morgan fingerprint density at radius 1 is 1.36 bits per heavy atom. The second-order valence-corrected chi connectivity index (χ2v) is 2.60. The Morgan fingerprint density at radius 3 is 2.43 bits per heavy atom. The Bertz CT molecular complexity index is 180. The lowest BCUT2D eigenvalue weighted by Crippen LogP contribution is -2.32. The van der Waals surface area contributed by atoms with Gasteiger partial charge in [-0.25, -0.2) is 4.79 Å². The quantitative estimate of drug-likeness (QED) is 0.390. The number of nitrogens with two attached hydrogens (primary N) is 1. The molecule has 82 valence electrons. The average molecular weight is 205 g/mol. The van der Waals surface area contributed by atoms with Crippen LogP contribution in [-0.4, -0.2) is 49.3 Å². The molecule has 3 N–H and O–H groups in total. The molecule has 0 fully saturated rings. The number of ether oxygens (including phenoxy) is 2. The molecule has 1 unspecified atom stereocenters. The summed E-state index contributed by atoms with van der Waals surface area (Å²) in [6.07, 6.45) is -1.39. The number of Topliss-reactive ketones (excluding diaryl/α,β-unsaturated/α-hetero) is 1. The molecule has 0 rings (SSSR count). The number of carboxylic acids is 1. The van der Waals surface area contributed by atoms with E-state index in [0.717, 1.165) is 0 Å². The first-order valence-electron chi connectivity index (χ1n) is 4.22. The third-order valence-corrected chi connectivity index (χ3v) is 1.37. The molecule has 0 spiro atoms. The molecule has 0 aliphatic carbocycles. The summed E-state index contributed by atoms with van der Waals surface area (Å²) in [5, 5.41) is 8.54. The number of carbonyl (C=O) groups is 2. The van der Waals surface area contributed by atoms with E-state index in [1.807, 2.05) is 0 Å². The molecule has 6 heteroatoms. The van der Waals surface area contributed by atoms with Gasteiger partial charge in [-0.3, -0.25) is 4.79 Å². The van der Waals surface area contributed by atoms with Gasteiger partial charge in [0.15, 0.2) is 5.78 Å². The van der Waals surface area contributed by atoms with Gasteiger partial charge in [-0.05, 0) is 6.92 Å². The van der Waals surface area contributed by atoms with E-state index in [4.69, 9.17) is 20.3 Å². The van der Waals surface area contributed by atoms with Gasteiger partial charge in [0, 0.05) is 6.54 Å². The number of rotatable bonds is 8. The lowest BCUT2D eigenvalue weighted by molar-refractivity contribution is -0.156. The molecule has 0 heterocycles. The monoisotopic (exact) mass is 205 g/mol. The van der Waals surface area contributed by atoms with Gasteiger partial charge < -0.3 is 20.3 Å². The summed E-state index contributed by atoms with van der Waals surface area (Å²) >= 11 is 0. The summed E-state index contributed by atoms with van der Waals surface area (Å²) in [6, 6.07) is 0. The van der Waals surface area contributed by atoms with E-state index in [2.05, 4.69) is 0 Å². The van der Waals surface area contributed by atoms with Crippen LogP contribution >= 0.6 is 0 Å². The third-order valence-electron chi connectivity index (χ3n) is 1.37. The molecule has 0 radical (unpaired) electrons. The van der Waals surface area contributed by atoms with Crippen LogP contribution in [0.3, 0.4) is 0 Å². The number of ketones is 1. The number of hydrogen-bond donors (Lipinski definition) is 2. The van der Waals surface area contributed by atoms with Crippen molar-refractivity contribution in [1.82, 2.24) is 0 Å². The Kier molecular flexibility index (Phi) is 6.91. The maximum atomic E-state index is 10.7. The summed E-state index contributed by atoms with van der Waals surface area (Å²) in [5.74, 6) is -1.81. The van der Waals surface area contributed by atoms with Crippen LogP contribution in [0, 0.1) is 0 Å². The molecule has 0 amide bonds. The van der Waals surface area contributed by atoms with Crippen molar-refractivity contribution in [2.24, 2.45) is 5.73 Å². The van der Waals surface area contributed by atoms with Crippen LogP contribution in [0.1, 0.15) is 6.92 Å². The molecule has 0 aromatic carbocycles. The zero-order valence-electron chi connectivity index (χ0n) is 8.06. The highest BCUT2D eigenvalue weighted by Crippen LogP contribution is 1.94. The molecular weight excluding hydrogens is 190 g/mol. The molecule has 0 bridgehead atoms. The van der Waals surface area contributed by atoms with E-state index in [1.165, 1.54) is 6.92 Å². The molecule has 0 saturated heterocycles. The molecule has 6 nitrogen and oxygen atoms in total. The van der Waals surface area contributed by atoms with Crippen molar-refractivity contribution < 1.29 is 24.2 Å². The highest BCUT2D eigenvalue weighted by atomic mass is 16.5. The number of aliphatic carboxylic acids is 1. The van der Waals surface area contributed by atoms with E-state index in [1.54, 1.807) is 0 Å². The van der Waals surface area contributed by atoms with Crippen molar-refractivity contribution in [2.45, 2.75) is 13.0 Å². The van der Waals surface area contributed by atoms with E-state index in [-0.39, 0.29) is 13.2 Å². The fraction of sp³-hybridized carbons (Fsp3) is 0.750. The maximum absolute atomic E-state index is 10.7. The zero-order valence-corrected chi connectivity index (χ0v) is 8.06. The van der Waals surface area contributed by atoms with Crippen LogP contribution in [0.4, 0.5) is 0 Å². The molecule has 0 aromatic heterocycles. The van der Waals surface area contributed by atoms with Crippen molar-refractivity contribution in [1.29, 1.82) is 0 Å². The normalized spacial score (nSPS) is 12.4. The van der Waals surface area contributed by atoms with Gasteiger partial charge in [0.05, 0.1) is 19.8 Å². The van der Waals surface area contributed by atoms with Crippen LogP contribution in [0.2, 0.25) is 0 Å². The predicted molar refractivity (Wildman–Crippen MR) is 47.9 cm³/mol. The van der Waals surface area contributed by atoms with Crippen molar-refractivity contribution in [3.05, 3.63) is 0 Å². The van der Waals surface area contributed by atoms with E-state index >= 15 is 0 Å². The SMILES string of the molecule is CC(=O)C(OCCOCCN)C(=O)O. The topological polar surface area (TPSA) is 98.9 Å². The van der Waals surface area contributed by atoms with Crippen LogP contribution in [0.25, 0.3) is 0 Å². The fourth-order valence-corrected chi connectivity index (χ4v) is 0.773. The summed E-state index contributed by atoms with van der Waals surface area (Å²) in [6.45, 7) is 2.25. The Hall–Kier alpha value is -0.980. The largest absolute Gasteiger partial charge is 0.479 e. The Labute approximate surface area is 82.0 Å². The standard InChI is InChI=1S/C8H15NO5/c1-6(10)7(8(11)12)14-5-4-13-3-2-9/h7H,2-5,9H2,1H3,(H,11,12). The lowest BCUT2D eigenvalue weighted by atomic mass is 10.2. The Balaban J connectivity index is 3.62. The highest BCUT2D eigenvalue weighted by Gasteiger charge is 2.22. The molecule has 1 atom stereocenters. The summed E-state index contributed by atoms with van der Waals surface area (Å²) < 4.78 is 9.74. The zero-order chi connectivity index (χ0) is 11.0. The number of hydrogen-bond acceptors (Lipinski definition) is 5. The lowest BCUT2D eigenvalue weighted by Gasteiger charge is -2.10. The minimum Gasteiger partial charge on any atom is -0.479 e. The number of carbonyl (C=O) groups excluding carboxylic acids is 1. The van der Waals surface area contributed by atoms with Gasteiger partial charge >= 0.3 is 5.97 Å². The van der Waals surface area contributed by atoms with Crippen LogP contribution in [0.5, 0.6) is 0 Å². The Morgan fingerprint density at radius 2 is 2.00 bits per heavy atom. The second kappa shape index (κ2) is 7.43. The van der Waals surface area contributed by atoms with Crippen molar-refractivity contribution in [3.63, 3.8) is 0 Å². The molecular formula is C8H15NO5. The first kappa shape index (κ1) is 13.0. The summed E-state index contributed by atoms with van der Waals surface area (Å²) in [4.78, 5) is 21.2. The third kappa shape index (κ3) is 5.63. The van der Waals surface area contributed by atoms with Gasteiger partial charge in [0.2, 0.25) is 6.10 Å². The minimum absolute atomic E-state index is 0.0660. The second-order valence-electron chi connectivity index (χ2n) is 2.60. The van der Waals surface area contributed by atoms with Crippen LogP contribution in [0.15, 0.2) is 0 Å². The van der Waals surface area contributed by atoms with Crippen molar-refractivity contribution in [2.75, 3.05) is 26.4 Å². The maximum Gasteiger partial charge on any atom is 0.340 e. The first-order chi connectivity index (χ1) is 6.59. The van der Waals surface area contributed by atoms with Crippen LogP contribution in [-0.2, 0) is 19.1 Å². The predicted octanol–water partition coefficient (Wildman–Crippen LogP) is -0.979. The molecule has 0 aliphatic rings. The average Bonchev–Trinajstić information content (AvgIpc) is 2.09. The first-order valence-corrected chi connectivity index (χ1v) is 4.22. The molecule has 0 aliphatic heterocycles. The van der Waals surface area contributed by atoms with Crippen molar-refractivity contribution >= 4 is 11.8 Å². The smallest absolute Gasteiger partial charge is 0.340 e. The van der Waals surface area contributed by atoms with Gasteiger partial charge in [-0.2, -0.15) is 0 Å². The highest BCUT2D eigenvalue weighted by molar-refractivity contribution is 5.99. The summed E-state index contributed by atoms with van der Waals surface area (Å²) in [7, 11) is 0. The van der Waals surface area contributed by atoms with E-state index in [0.29, 0.717) is 13.2 Å². The van der Waals surface area contributed by atoms with Crippen LogP contribution < -0.4 is 5.73 Å². The summed E-state index contributed by atoms with van der Waals surface area (Å²) in [5.41, 5.74) is 5.15. The van der Waals surface area contributed by atoms with Gasteiger partial charge in [0.25, 0.3) is 0 Å². The number of carboxylic acid groups (broad SMARTS) is 1. The van der Waals surface area contributed by atoms with Crippen molar-refractivity contribution in [3.8, 4) is 0 Å². The van der Waals surface area contributed by atoms with Gasteiger partial charge in [-0.1, -0.05) is 0 Å². The van der Waals surface area contributed by atoms with E-state index in [9.17, 15) is 9.59 Å². The molecule has 0 aromatic rings. The molecule has 14 heavy (non-hydrogen) atoms. The minimum atomic E-state index is -1.39.